The first-order valence-electron chi connectivity index (χ1n) is 7.25. The van der Waals surface area contributed by atoms with Gasteiger partial charge in [-0.1, -0.05) is 71.8 Å². The largest absolute Gasteiger partial charge is 0.288 e. The second kappa shape index (κ2) is 7.66. The summed E-state index contributed by atoms with van der Waals surface area (Å²) in [6, 6.07) is 17.8. The molecule has 2 aromatic carbocycles. The molecule has 23 heavy (non-hydrogen) atoms. The zero-order valence-electron chi connectivity index (χ0n) is 13.1. The Morgan fingerprint density at radius 1 is 1.09 bits per heavy atom. The summed E-state index contributed by atoms with van der Waals surface area (Å²) in [5, 5.41) is 10.8. The fourth-order valence-corrected chi connectivity index (χ4v) is 2.75. The lowest BCUT2D eigenvalue weighted by Crippen LogP contribution is -2.39. The van der Waals surface area contributed by atoms with Crippen molar-refractivity contribution in [2.24, 2.45) is 0 Å². The van der Waals surface area contributed by atoms with E-state index >= 15 is 0 Å². The Balaban J connectivity index is 2.34. The van der Waals surface area contributed by atoms with Crippen molar-refractivity contribution in [1.29, 1.82) is 5.26 Å². The lowest BCUT2D eigenvalue weighted by molar-refractivity contribution is 0.221. The second-order valence-corrected chi connectivity index (χ2v) is 6.33. The summed E-state index contributed by atoms with van der Waals surface area (Å²) >= 11 is 12.1. The molecule has 0 saturated carbocycles. The van der Waals surface area contributed by atoms with Crippen molar-refractivity contribution in [2.45, 2.75) is 12.0 Å². The van der Waals surface area contributed by atoms with E-state index in [-0.39, 0.29) is 0 Å². The highest BCUT2D eigenvalue weighted by molar-refractivity contribution is 6.42. The highest BCUT2D eigenvalue weighted by Crippen LogP contribution is 2.34. The molecule has 4 heteroatoms. The molecular formula is C19H18Cl2N2. The van der Waals surface area contributed by atoms with E-state index in [2.05, 4.69) is 6.07 Å². The van der Waals surface area contributed by atoms with Gasteiger partial charge in [-0.2, -0.15) is 5.26 Å². The first-order chi connectivity index (χ1) is 11.0. The molecule has 1 unspecified atom stereocenters. The second-order valence-electron chi connectivity index (χ2n) is 5.51. The predicted molar refractivity (Wildman–Crippen MR) is 97.5 cm³/mol. The Labute approximate surface area is 147 Å². The Bertz CT molecular complexity index is 733. The van der Waals surface area contributed by atoms with E-state index in [1.807, 2.05) is 67.5 Å². The van der Waals surface area contributed by atoms with E-state index in [1.165, 1.54) is 0 Å². The smallest absolute Gasteiger partial charge is 0.137 e. The van der Waals surface area contributed by atoms with Gasteiger partial charge in [0.05, 0.1) is 16.1 Å². The van der Waals surface area contributed by atoms with Crippen molar-refractivity contribution in [3.8, 4) is 6.07 Å². The van der Waals surface area contributed by atoms with Gasteiger partial charge in [0.2, 0.25) is 0 Å². The van der Waals surface area contributed by atoms with E-state index < -0.39 is 5.54 Å². The van der Waals surface area contributed by atoms with Gasteiger partial charge in [0, 0.05) is 6.42 Å². The van der Waals surface area contributed by atoms with Crippen LogP contribution in [0.4, 0.5) is 0 Å². The summed E-state index contributed by atoms with van der Waals surface area (Å²) in [6.07, 6.45) is 4.58. The van der Waals surface area contributed by atoms with Crippen molar-refractivity contribution in [3.63, 3.8) is 0 Å². The molecule has 0 N–H and O–H groups in total. The average molecular weight is 345 g/mol. The molecule has 0 saturated heterocycles. The molecule has 0 aliphatic heterocycles. The molecule has 2 aromatic rings. The summed E-state index contributed by atoms with van der Waals surface area (Å²) in [4.78, 5) is 1.90. The molecule has 0 radical (unpaired) electrons. The number of hydrogen-bond acceptors (Lipinski definition) is 2. The molecule has 0 heterocycles. The third kappa shape index (κ3) is 3.95. The van der Waals surface area contributed by atoms with Gasteiger partial charge in [-0.3, -0.25) is 4.90 Å². The molecule has 118 valence electrons. The summed E-state index contributed by atoms with van der Waals surface area (Å²) < 4.78 is 0. The molecule has 0 spiro atoms. The molecule has 0 fully saturated rings. The van der Waals surface area contributed by atoms with Crippen LogP contribution in [0.15, 0.2) is 54.6 Å². The van der Waals surface area contributed by atoms with Crippen LogP contribution in [0.2, 0.25) is 10.0 Å². The van der Waals surface area contributed by atoms with E-state index in [4.69, 9.17) is 23.2 Å². The Morgan fingerprint density at radius 2 is 1.78 bits per heavy atom. The van der Waals surface area contributed by atoms with Gasteiger partial charge in [0.25, 0.3) is 0 Å². The first-order valence-corrected chi connectivity index (χ1v) is 8.01. The lowest BCUT2D eigenvalue weighted by atomic mass is 9.86. The maximum absolute atomic E-state index is 9.86. The Hall–Kier alpha value is -1.79. The lowest BCUT2D eigenvalue weighted by Gasteiger charge is -2.33. The van der Waals surface area contributed by atoms with E-state index in [0.717, 1.165) is 11.1 Å². The molecule has 0 aliphatic rings. The van der Waals surface area contributed by atoms with Crippen LogP contribution in [0.3, 0.4) is 0 Å². The number of rotatable bonds is 5. The molecule has 1 atom stereocenters. The SMILES string of the molecule is CN(C)C(C#N)(C/C=C/c1ccccc1)c1ccc(Cl)c(Cl)c1. The third-order valence-corrected chi connectivity index (χ3v) is 4.61. The summed E-state index contributed by atoms with van der Waals surface area (Å²) in [5.74, 6) is 0. The van der Waals surface area contributed by atoms with Gasteiger partial charge in [-0.15, -0.1) is 0 Å². The summed E-state index contributed by atoms with van der Waals surface area (Å²) in [5.41, 5.74) is 1.14. The van der Waals surface area contributed by atoms with Crippen LogP contribution < -0.4 is 0 Å². The summed E-state index contributed by atoms with van der Waals surface area (Å²) in [6.45, 7) is 0. The van der Waals surface area contributed by atoms with Gasteiger partial charge >= 0.3 is 0 Å². The van der Waals surface area contributed by atoms with Crippen LogP contribution in [-0.2, 0) is 5.54 Å². The number of halogens is 2. The van der Waals surface area contributed by atoms with Gasteiger partial charge in [0.1, 0.15) is 5.54 Å². The Morgan fingerprint density at radius 3 is 2.35 bits per heavy atom. The number of benzene rings is 2. The zero-order chi connectivity index (χ0) is 16.9. The maximum atomic E-state index is 9.86. The molecule has 0 aromatic heterocycles. The third-order valence-electron chi connectivity index (χ3n) is 3.87. The zero-order valence-corrected chi connectivity index (χ0v) is 14.6. The van der Waals surface area contributed by atoms with Crippen LogP contribution in [0.25, 0.3) is 6.08 Å². The van der Waals surface area contributed by atoms with Crippen LogP contribution in [0.1, 0.15) is 17.5 Å². The van der Waals surface area contributed by atoms with E-state index in [9.17, 15) is 5.26 Å². The molecular weight excluding hydrogens is 327 g/mol. The van der Waals surface area contributed by atoms with Crippen molar-refractivity contribution in [1.82, 2.24) is 4.90 Å². The van der Waals surface area contributed by atoms with Crippen molar-refractivity contribution in [2.75, 3.05) is 14.1 Å². The standard InChI is InChI=1S/C19H18Cl2N2/c1-23(2)19(14-22,16-10-11-17(20)18(21)13-16)12-6-9-15-7-4-3-5-8-15/h3-11,13H,12H2,1-2H3/b9-6+. The molecule has 2 nitrogen and oxygen atoms in total. The number of hydrogen-bond donors (Lipinski definition) is 0. The van der Waals surface area contributed by atoms with Gasteiger partial charge in [-0.05, 0) is 37.4 Å². The van der Waals surface area contributed by atoms with E-state index in [0.29, 0.717) is 16.5 Å². The molecule has 2 rings (SSSR count). The minimum atomic E-state index is -0.792. The quantitative estimate of drug-likeness (QED) is 0.728. The highest BCUT2D eigenvalue weighted by atomic mass is 35.5. The first kappa shape index (κ1) is 17.6. The van der Waals surface area contributed by atoms with Crippen molar-refractivity contribution < 1.29 is 0 Å². The summed E-state index contributed by atoms with van der Waals surface area (Å²) in [7, 11) is 3.78. The van der Waals surface area contributed by atoms with Crippen molar-refractivity contribution >= 4 is 29.3 Å². The average Bonchev–Trinajstić information content (AvgIpc) is 2.55. The monoisotopic (exact) mass is 344 g/mol. The van der Waals surface area contributed by atoms with Crippen LogP contribution in [0, 0.1) is 11.3 Å². The van der Waals surface area contributed by atoms with E-state index in [1.54, 1.807) is 12.1 Å². The minimum absolute atomic E-state index is 0.456. The number of nitriles is 1. The minimum Gasteiger partial charge on any atom is -0.288 e. The van der Waals surface area contributed by atoms with Gasteiger partial charge in [0.15, 0.2) is 0 Å². The molecule has 0 bridgehead atoms. The number of nitrogens with zero attached hydrogens (tertiary/aromatic N) is 2. The topological polar surface area (TPSA) is 27.0 Å². The fraction of sp³-hybridized carbons (Fsp3) is 0.211. The van der Waals surface area contributed by atoms with Crippen molar-refractivity contribution in [3.05, 3.63) is 75.8 Å². The maximum Gasteiger partial charge on any atom is 0.137 e. The van der Waals surface area contributed by atoms with Crippen LogP contribution in [0.5, 0.6) is 0 Å². The Kier molecular flexibility index (Phi) is 5.85. The van der Waals surface area contributed by atoms with Crippen LogP contribution >= 0.6 is 23.2 Å². The van der Waals surface area contributed by atoms with Crippen LogP contribution in [-0.4, -0.2) is 19.0 Å². The fourth-order valence-electron chi connectivity index (χ4n) is 2.45. The molecule has 0 aliphatic carbocycles. The molecule has 0 amide bonds. The highest BCUT2D eigenvalue weighted by Gasteiger charge is 2.34. The normalized spacial score (nSPS) is 13.9. The predicted octanol–water partition coefficient (Wildman–Crippen LogP) is 5.38. The van der Waals surface area contributed by atoms with Gasteiger partial charge in [-0.25, -0.2) is 0 Å². The van der Waals surface area contributed by atoms with Gasteiger partial charge < -0.3 is 0 Å².